The number of hydrogen-bond donors (Lipinski definition) is 2. The SMILES string of the molecule is O=C(N=Cc1c(O)c2ccccc2oc1=O)Nc1ccccc1. The van der Waals surface area contributed by atoms with Gasteiger partial charge in [-0.25, -0.2) is 14.6 Å². The Morgan fingerprint density at radius 1 is 1.09 bits per heavy atom. The average molecular weight is 308 g/mol. The number of amides is 2. The molecule has 6 nitrogen and oxygen atoms in total. The summed E-state index contributed by atoms with van der Waals surface area (Å²) in [4.78, 5) is 27.2. The zero-order valence-electron chi connectivity index (χ0n) is 11.9. The van der Waals surface area contributed by atoms with E-state index in [4.69, 9.17) is 4.42 Å². The molecule has 0 aliphatic rings. The first-order valence-electron chi connectivity index (χ1n) is 6.80. The fourth-order valence-corrected chi connectivity index (χ4v) is 2.06. The maximum atomic E-state index is 11.9. The lowest BCUT2D eigenvalue weighted by Gasteiger charge is -2.02. The quantitative estimate of drug-likeness (QED) is 0.562. The van der Waals surface area contributed by atoms with Crippen molar-refractivity contribution in [2.24, 2.45) is 4.99 Å². The van der Waals surface area contributed by atoms with E-state index in [0.29, 0.717) is 11.1 Å². The zero-order valence-corrected chi connectivity index (χ0v) is 11.9. The third-order valence-corrected chi connectivity index (χ3v) is 3.16. The topological polar surface area (TPSA) is 91.9 Å². The van der Waals surface area contributed by atoms with Gasteiger partial charge in [-0.05, 0) is 24.3 Å². The summed E-state index contributed by atoms with van der Waals surface area (Å²) in [6, 6.07) is 14.7. The lowest BCUT2D eigenvalue weighted by Crippen LogP contribution is -2.10. The average Bonchev–Trinajstić information content (AvgIpc) is 2.55. The van der Waals surface area contributed by atoms with Gasteiger partial charge in [0.15, 0.2) is 0 Å². The van der Waals surface area contributed by atoms with Gasteiger partial charge in [0.05, 0.1) is 11.6 Å². The number of carbonyl (C=O) groups is 1. The van der Waals surface area contributed by atoms with Gasteiger partial charge in [-0.2, -0.15) is 0 Å². The Kier molecular flexibility index (Phi) is 3.88. The molecule has 2 aromatic carbocycles. The molecule has 2 N–H and O–H groups in total. The number of hydrogen-bond acceptors (Lipinski definition) is 4. The van der Waals surface area contributed by atoms with Crippen LogP contribution in [0.3, 0.4) is 0 Å². The summed E-state index contributed by atoms with van der Waals surface area (Å²) in [6.45, 7) is 0. The molecule has 0 saturated heterocycles. The summed E-state index contributed by atoms with van der Waals surface area (Å²) in [5.74, 6) is -0.270. The van der Waals surface area contributed by atoms with Crippen LogP contribution < -0.4 is 10.9 Å². The Morgan fingerprint density at radius 3 is 2.57 bits per heavy atom. The highest BCUT2D eigenvalue weighted by Crippen LogP contribution is 2.24. The molecule has 0 atom stereocenters. The van der Waals surface area contributed by atoms with E-state index in [1.165, 1.54) is 0 Å². The molecule has 23 heavy (non-hydrogen) atoms. The molecule has 6 heteroatoms. The van der Waals surface area contributed by atoms with E-state index in [2.05, 4.69) is 10.3 Å². The normalized spacial score (nSPS) is 11.0. The van der Waals surface area contributed by atoms with Gasteiger partial charge in [0, 0.05) is 5.69 Å². The van der Waals surface area contributed by atoms with Crippen molar-refractivity contribution < 1.29 is 14.3 Å². The summed E-state index contributed by atoms with van der Waals surface area (Å²) < 4.78 is 5.09. The number of para-hydroxylation sites is 2. The van der Waals surface area contributed by atoms with Crippen molar-refractivity contribution >= 4 is 28.9 Å². The molecular weight excluding hydrogens is 296 g/mol. The number of nitrogens with one attached hydrogen (secondary N) is 1. The number of benzene rings is 2. The van der Waals surface area contributed by atoms with Gasteiger partial charge in [-0.15, -0.1) is 0 Å². The molecule has 0 radical (unpaired) electrons. The van der Waals surface area contributed by atoms with Crippen LogP contribution >= 0.6 is 0 Å². The number of aromatic hydroxyl groups is 1. The lowest BCUT2D eigenvalue weighted by molar-refractivity contribution is 0.259. The van der Waals surface area contributed by atoms with Gasteiger partial charge < -0.3 is 14.8 Å². The van der Waals surface area contributed by atoms with Crippen LogP contribution in [-0.2, 0) is 0 Å². The molecule has 0 unspecified atom stereocenters. The number of aliphatic imine (C=N–C) groups is 1. The summed E-state index contributed by atoms with van der Waals surface area (Å²) >= 11 is 0. The number of anilines is 1. The third-order valence-electron chi connectivity index (χ3n) is 3.16. The van der Waals surface area contributed by atoms with Gasteiger partial charge in [-0.3, -0.25) is 0 Å². The number of fused-ring (bicyclic) bond motifs is 1. The number of nitrogens with zero attached hydrogens (tertiary/aromatic N) is 1. The van der Waals surface area contributed by atoms with Crippen LogP contribution in [-0.4, -0.2) is 17.4 Å². The van der Waals surface area contributed by atoms with Crippen molar-refractivity contribution in [3.8, 4) is 5.75 Å². The molecule has 3 aromatic rings. The smallest absolute Gasteiger partial charge is 0.348 e. The van der Waals surface area contributed by atoms with Gasteiger partial charge in [0.1, 0.15) is 16.9 Å². The minimum atomic E-state index is -0.766. The summed E-state index contributed by atoms with van der Waals surface area (Å²) in [6.07, 6.45) is 0.992. The van der Waals surface area contributed by atoms with Crippen LogP contribution in [0.1, 0.15) is 5.56 Å². The largest absolute Gasteiger partial charge is 0.506 e. The van der Waals surface area contributed by atoms with Crippen molar-refractivity contribution in [1.29, 1.82) is 0 Å². The van der Waals surface area contributed by atoms with Crippen LogP contribution in [0.25, 0.3) is 11.0 Å². The Morgan fingerprint density at radius 2 is 1.78 bits per heavy atom. The molecule has 0 aliphatic carbocycles. The fourth-order valence-electron chi connectivity index (χ4n) is 2.06. The molecule has 0 bridgehead atoms. The van der Waals surface area contributed by atoms with E-state index in [9.17, 15) is 14.7 Å². The maximum Gasteiger partial charge on any atom is 0.348 e. The van der Waals surface area contributed by atoms with Crippen molar-refractivity contribution in [1.82, 2.24) is 0 Å². The van der Waals surface area contributed by atoms with Crippen LogP contribution in [0.4, 0.5) is 10.5 Å². The molecular formula is C17H12N2O4. The molecule has 0 aliphatic heterocycles. The van der Waals surface area contributed by atoms with Crippen LogP contribution in [0.2, 0.25) is 0 Å². The number of urea groups is 1. The van der Waals surface area contributed by atoms with E-state index in [-0.39, 0.29) is 16.9 Å². The predicted molar refractivity (Wildman–Crippen MR) is 87.2 cm³/mol. The minimum absolute atomic E-state index is 0.174. The van der Waals surface area contributed by atoms with Crippen LogP contribution in [0.5, 0.6) is 5.75 Å². The highest BCUT2D eigenvalue weighted by Gasteiger charge is 2.12. The monoisotopic (exact) mass is 308 g/mol. The van der Waals surface area contributed by atoms with Gasteiger partial charge in [0.25, 0.3) is 0 Å². The van der Waals surface area contributed by atoms with Crippen molar-refractivity contribution in [2.45, 2.75) is 0 Å². The first kappa shape index (κ1) is 14.5. The number of rotatable bonds is 2. The number of carbonyl (C=O) groups excluding carboxylic acids is 1. The molecule has 2 amide bonds. The molecule has 114 valence electrons. The molecule has 3 rings (SSSR count). The predicted octanol–water partition coefficient (Wildman–Crippen LogP) is 3.15. The summed E-state index contributed by atoms with van der Waals surface area (Å²) in [7, 11) is 0. The van der Waals surface area contributed by atoms with E-state index < -0.39 is 11.7 Å². The molecule has 1 heterocycles. The Balaban J connectivity index is 1.89. The maximum absolute atomic E-state index is 11.9. The second kappa shape index (κ2) is 6.15. The van der Waals surface area contributed by atoms with Crippen molar-refractivity contribution in [2.75, 3.05) is 5.32 Å². The first-order valence-corrected chi connectivity index (χ1v) is 6.80. The van der Waals surface area contributed by atoms with E-state index in [1.54, 1.807) is 48.5 Å². The van der Waals surface area contributed by atoms with E-state index >= 15 is 0 Å². The van der Waals surface area contributed by atoms with Crippen LogP contribution in [0.15, 0.2) is 68.8 Å². The van der Waals surface area contributed by atoms with Crippen molar-refractivity contribution in [3.63, 3.8) is 0 Å². The Bertz CT molecular complexity index is 946. The molecule has 0 saturated carbocycles. The zero-order chi connectivity index (χ0) is 16.2. The van der Waals surface area contributed by atoms with Gasteiger partial charge >= 0.3 is 11.7 Å². The minimum Gasteiger partial charge on any atom is -0.506 e. The highest BCUT2D eigenvalue weighted by molar-refractivity contribution is 6.01. The second-order valence-electron chi connectivity index (χ2n) is 4.70. The van der Waals surface area contributed by atoms with E-state index in [1.807, 2.05) is 6.07 Å². The third kappa shape index (κ3) is 3.11. The van der Waals surface area contributed by atoms with Crippen molar-refractivity contribution in [3.05, 3.63) is 70.6 Å². The lowest BCUT2D eigenvalue weighted by atomic mass is 10.1. The van der Waals surface area contributed by atoms with Gasteiger partial charge in [0.2, 0.25) is 0 Å². The van der Waals surface area contributed by atoms with Crippen LogP contribution in [0, 0.1) is 0 Å². The first-order chi connectivity index (χ1) is 11.1. The molecule has 1 aromatic heterocycles. The highest BCUT2D eigenvalue weighted by atomic mass is 16.4. The molecule has 0 spiro atoms. The van der Waals surface area contributed by atoms with E-state index in [0.717, 1.165) is 6.21 Å². The Labute approximate surface area is 130 Å². The standard InChI is InChI=1S/C17H12N2O4/c20-15-12-8-4-5-9-14(12)23-16(21)13(15)10-18-17(22)19-11-6-2-1-3-7-11/h1-10,20H,(H,19,22). The summed E-state index contributed by atoms with van der Waals surface area (Å²) in [5, 5.41) is 13.1. The molecule has 0 fully saturated rings. The second-order valence-corrected chi connectivity index (χ2v) is 4.70. The fraction of sp³-hybridized carbons (Fsp3) is 0. The van der Waals surface area contributed by atoms with Gasteiger partial charge in [-0.1, -0.05) is 30.3 Å². The summed E-state index contributed by atoms with van der Waals surface area (Å²) in [5.41, 5.74) is -0.102. The Hall–Kier alpha value is -3.41.